The number of Topliss-reactive ketones (excluding diaryl/α,β-unsaturated/α-hetero) is 1. The van der Waals surface area contributed by atoms with E-state index in [-0.39, 0.29) is 5.41 Å². The lowest BCUT2D eigenvalue weighted by Crippen LogP contribution is -2.31. The maximum Gasteiger partial charge on any atom is 0.143 e. The van der Waals surface area contributed by atoms with E-state index in [4.69, 9.17) is 0 Å². The van der Waals surface area contributed by atoms with E-state index in [0.29, 0.717) is 17.6 Å². The van der Waals surface area contributed by atoms with E-state index in [0.717, 1.165) is 19.3 Å². The molecular formula is C15H16O. The number of benzene rings is 1. The summed E-state index contributed by atoms with van der Waals surface area (Å²) in [5.41, 5.74) is 2.94. The molecule has 0 saturated heterocycles. The molecule has 0 aromatic heterocycles. The molecule has 1 aromatic carbocycles. The Kier molecular flexibility index (Phi) is 1.55. The molecule has 0 N–H and O–H groups in total. The fourth-order valence-electron chi connectivity index (χ4n) is 4.38. The number of hydrogen-bond acceptors (Lipinski definition) is 1. The van der Waals surface area contributed by atoms with Crippen molar-refractivity contribution in [1.29, 1.82) is 0 Å². The van der Waals surface area contributed by atoms with E-state index in [1.807, 2.05) is 0 Å². The van der Waals surface area contributed by atoms with Crippen molar-refractivity contribution in [1.82, 2.24) is 0 Å². The molecule has 2 saturated carbocycles. The highest BCUT2D eigenvalue weighted by Crippen LogP contribution is 2.58. The average Bonchev–Trinajstić information content (AvgIpc) is 2.77. The smallest absolute Gasteiger partial charge is 0.143 e. The zero-order valence-corrected chi connectivity index (χ0v) is 9.41. The Labute approximate surface area is 95.9 Å². The summed E-state index contributed by atoms with van der Waals surface area (Å²) in [4.78, 5) is 12.5. The van der Waals surface area contributed by atoms with Crippen LogP contribution in [0.4, 0.5) is 0 Å². The number of ketones is 1. The first-order chi connectivity index (χ1) is 7.78. The summed E-state index contributed by atoms with van der Waals surface area (Å²) in [5, 5.41) is 0. The standard InChI is InChI=1S/C15H16O/c16-14-13-7-10-3-1-2-4-11(10)8-15(14)6-5-12(13)9-15/h1-4,12-13H,5-9H2. The van der Waals surface area contributed by atoms with Crippen LogP contribution in [-0.2, 0) is 17.6 Å². The molecule has 0 aliphatic heterocycles. The lowest BCUT2D eigenvalue weighted by Gasteiger charge is -2.25. The molecule has 82 valence electrons. The molecule has 0 amide bonds. The molecule has 16 heavy (non-hydrogen) atoms. The Bertz CT molecular complexity index is 476. The van der Waals surface area contributed by atoms with E-state index >= 15 is 0 Å². The van der Waals surface area contributed by atoms with Crippen LogP contribution in [0.5, 0.6) is 0 Å². The molecule has 3 atom stereocenters. The molecule has 1 aromatic rings. The van der Waals surface area contributed by atoms with Gasteiger partial charge in [0, 0.05) is 11.3 Å². The maximum absolute atomic E-state index is 12.5. The summed E-state index contributed by atoms with van der Waals surface area (Å²) in [6.07, 6.45) is 5.67. The lowest BCUT2D eigenvalue weighted by molar-refractivity contribution is -0.130. The van der Waals surface area contributed by atoms with Crippen molar-refractivity contribution >= 4 is 5.78 Å². The molecular weight excluding hydrogens is 196 g/mol. The van der Waals surface area contributed by atoms with Crippen LogP contribution in [0.25, 0.3) is 0 Å². The monoisotopic (exact) mass is 212 g/mol. The third-order valence-corrected chi connectivity index (χ3v) is 5.16. The quantitative estimate of drug-likeness (QED) is 0.646. The van der Waals surface area contributed by atoms with Crippen molar-refractivity contribution in [3.05, 3.63) is 35.4 Å². The molecule has 0 heterocycles. The second-order valence-electron chi connectivity index (χ2n) is 5.90. The van der Waals surface area contributed by atoms with Crippen LogP contribution < -0.4 is 0 Å². The predicted molar refractivity (Wildman–Crippen MR) is 62.1 cm³/mol. The Balaban J connectivity index is 1.90. The summed E-state index contributed by atoms with van der Waals surface area (Å²) in [6.45, 7) is 0. The summed E-state index contributed by atoms with van der Waals surface area (Å²) < 4.78 is 0. The molecule has 4 rings (SSSR count). The van der Waals surface area contributed by atoms with E-state index in [1.165, 1.54) is 24.0 Å². The number of carbonyl (C=O) groups excluding carboxylic acids is 1. The van der Waals surface area contributed by atoms with Gasteiger partial charge in [-0.25, -0.2) is 0 Å². The van der Waals surface area contributed by atoms with Gasteiger partial charge in [0.2, 0.25) is 0 Å². The van der Waals surface area contributed by atoms with Crippen LogP contribution in [0.15, 0.2) is 24.3 Å². The van der Waals surface area contributed by atoms with Gasteiger partial charge in [-0.05, 0) is 49.1 Å². The van der Waals surface area contributed by atoms with Crippen molar-refractivity contribution in [2.45, 2.75) is 32.1 Å². The first kappa shape index (κ1) is 8.98. The van der Waals surface area contributed by atoms with Gasteiger partial charge in [0.05, 0.1) is 0 Å². The minimum Gasteiger partial charge on any atom is -0.299 e. The molecule has 0 radical (unpaired) electrons. The fourth-order valence-corrected chi connectivity index (χ4v) is 4.38. The highest BCUT2D eigenvalue weighted by atomic mass is 16.1. The van der Waals surface area contributed by atoms with Crippen LogP contribution >= 0.6 is 0 Å². The van der Waals surface area contributed by atoms with Crippen molar-refractivity contribution in [3.63, 3.8) is 0 Å². The Morgan fingerprint density at radius 2 is 2.00 bits per heavy atom. The van der Waals surface area contributed by atoms with Gasteiger partial charge >= 0.3 is 0 Å². The minimum atomic E-state index is 0.0575. The predicted octanol–water partition coefficient (Wildman–Crippen LogP) is 2.77. The second kappa shape index (κ2) is 2.77. The second-order valence-corrected chi connectivity index (χ2v) is 5.90. The van der Waals surface area contributed by atoms with Crippen molar-refractivity contribution in [3.8, 4) is 0 Å². The van der Waals surface area contributed by atoms with Gasteiger partial charge in [0.1, 0.15) is 5.78 Å². The SMILES string of the molecule is O=C1C2Cc3ccccc3CC13CCC2C3. The van der Waals surface area contributed by atoms with Gasteiger partial charge in [-0.3, -0.25) is 4.79 Å². The normalized spacial score (nSPS) is 39.6. The molecule has 2 fully saturated rings. The van der Waals surface area contributed by atoms with Crippen LogP contribution in [0.2, 0.25) is 0 Å². The number of carbonyl (C=O) groups is 1. The number of rotatable bonds is 0. The zero-order valence-electron chi connectivity index (χ0n) is 9.41. The summed E-state index contributed by atoms with van der Waals surface area (Å²) >= 11 is 0. The van der Waals surface area contributed by atoms with Crippen LogP contribution in [0.1, 0.15) is 30.4 Å². The van der Waals surface area contributed by atoms with Gasteiger partial charge in [-0.1, -0.05) is 24.3 Å². The van der Waals surface area contributed by atoms with Crippen LogP contribution in [-0.4, -0.2) is 5.78 Å². The molecule has 3 bridgehead atoms. The molecule has 1 heteroatoms. The molecule has 1 nitrogen and oxygen atoms in total. The van der Waals surface area contributed by atoms with Gasteiger partial charge < -0.3 is 0 Å². The largest absolute Gasteiger partial charge is 0.299 e. The third kappa shape index (κ3) is 0.946. The summed E-state index contributed by atoms with van der Waals surface area (Å²) in [5.74, 6) is 1.67. The highest BCUT2D eigenvalue weighted by molar-refractivity contribution is 5.91. The number of hydrogen-bond donors (Lipinski definition) is 0. The van der Waals surface area contributed by atoms with Gasteiger partial charge in [0.15, 0.2) is 0 Å². The van der Waals surface area contributed by atoms with E-state index in [2.05, 4.69) is 24.3 Å². The summed E-state index contributed by atoms with van der Waals surface area (Å²) in [6, 6.07) is 8.68. The topological polar surface area (TPSA) is 17.1 Å². The minimum absolute atomic E-state index is 0.0575. The van der Waals surface area contributed by atoms with Crippen LogP contribution in [0, 0.1) is 17.3 Å². The van der Waals surface area contributed by atoms with Gasteiger partial charge in [-0.2, -0.15) is 0 Å². The summed E-state index contributed by atoms with van der Waals surface area (Å²) in [7, 11) is 0. The Hall–Kier alpha value is -1.11. The number of fused-ring (bicyclic) bond motifs is 4. The molecule has 1 spiro atoms. The molecule has 3 aliphatic carbocycles. The third-order valence-electron chi connectivity index (χ3n) is 5.16. The van der Waals surface area contributed by atoms with Gasteiger partial charge in [-0.15, -0.1) is 0 Å². The van der Waals surface area contributed by atoms with E-state index in [1.54, 1.807) is 0 Å². The average molecular weight is 212 g/mol. The maximum atomic E-state index is 12.5. The Morgan fingerprint density at radius 1 is 1.19 bits per heavy atom. The fraction of sp³-hybridized carbons (Fsp3) is 0.533. The Morgan fingerprint density at radius 3 is 2.88 bits per heavy atom. The zero-order chi connectivity index (χ0) is 10.8. The van der Waals surface area contributed by atoms with E-state index < -0.39 is 0 Å². The highest BCUT2D eigenvalue weighted by Gasteiger charge is 2.58. The van der Waals surface area contributed by atoms with E-state index in [9.17, 15) is 4.79 Å². The molecule has 3 unspecified atom stereocenters. The van der Waals surface area contributed by atoms with Crippen molar-refractivity contribution < 1.29 is 4.79 Å². The van der Waals surface area contributed by atoms with Gasteiger partial charge in [0.25, 0.3) is 0 Å². The van der Waals surface area contributed by atoms with Crippen LogP contribution in [0.3, 0.4) is 0 Å². The lowest BCUT2D eigenvalue weighted by atomic mass is 9.77. The molecule has 3 aliphatic rings. The van der Waals surface area contributed by atoms with Crippen molar-refractivity contribution in [2.75, 3.05) is 0 Å². The first-order valence-electron chi connectivity index (χ1n) is 6.40. The van der Waals surface area contributed by atoms with Crippen molar-refractivity contribution in [2.24, 2.45) is 17.3 Å². The first-order valence-corrected chi connectivity index (χ1v) is 6.40.